The summed E-state index contributed by atoms with van der Waals surface area (Å²) in [7, 11) is 0. The van der Waals surface area contributed by atoms with Crippen LogP contribution >= 0.6 is 11.6 Å². The number of amides is 1. The molecular weight excluding hydrogens is 284 g/mol. The lowest BCUT2D eigenvalue weighted by molar-refractivity contribution is -0.127. The van der Waals surface area contributed by atoms with Crippen LogP contribution in [0.2, 0.25) is 5.02 Å². The lowest BCUT2D eigenvalue weighted by atomic mass is 9.91. The smallest absolute Gasteiger partial charge is 0.237 e. The van der Waals surface area contributed by atoms with Gasteiger partial charge in [-0.2, -0.15) is 0 Å². The predicted molar refractivity (Wildman–Crippen MR) is 87.3 cm³/mol. The molecule has 1 heterocycles. The van der Waals surface area contributed by atoms with Crippen LogP contribution in [0.3, 0.4) is 0 Å². The van der Waals surface area contributed by atoms with Crippen molar-refractivity contribution in [3.8, 4) is 0 Å². The van der Waals surface area contributed by atoms with Crippen LogP contribution in [0.5, 0.6) is 0 Å². The maximum atomic E-state index is 12.3. The minimum atomic E-state index is -0.0671. The predicted octanol–water partition coefficient (Wildman–Crippen LogP) is 3.32. The molecule has 3 atom stereocenters. The van der Waals surface area contributed by atoms with Gasteiger partial charge in [-0.05, 0) is 42.9 Å². The standard InChI is InChI=1S/C17H25ClN2O/c1-12-8-13(2)11-20(10-12)14(3)17(21)19-9-15-4-6-16(18)7-5-15/h4-7,12-14H,8-11H2,1-3H3,(H,19,21)/t12-,13-,14-/m1/s1. The van der Waals surface area contributed by atoms with Crippen molar-refractivity contribution >= 4 is 17.5 Å². The number of carbonyl (C=O) groups excluding carboxylic acids is 1. The minimum Gasteiger partial charge on any atom is -0.351 e. The Morgan fingerprint density at radius 1 is 1.29 bits per heavy atom. The zero-order valence-corrected chi connectivity index (χ0v) is 13.9. The zero-order valence-electron chi connectivity index (χ0n) is 13.1. The van der Waals surface area contributed by atoms with E-state index in [-0.39, 0.29) is 11.9 Å². The second-order valence-electron chi connectivity index (χ2n) is 6.42. The van der Waals surface area contributed by atoms with Crippen LogP contribution in [-0.2, 0) is 11.3 Å². The molecule has 0 aliphatic carbocycles. The van der Waals surface area contributed by atoms with Gasteiger partial charge in [0.25, 0.3) is 0 Å². The number of piperidine rings is 1. The van der Waals surface area contributed by atoms with Crippen LogP contribution in [0.25, 0.3) is 0 Å². The molecule has 21 heavy (non-hydrogen) atoms. The van der Waals surface area contributed by atoms with E-state index in [1.54, 1.807) is 0 Å². The number of rotatable bonds is 4. The van der Waals surface area contributed by atoms with Gasteiger partial charge in [0, 0.05) is 24.7 Å². The highest BCUT2D eigenvalue weighted by Gasteiger charge is 2.28. The van der Waals surface area contributed by atoms with Gasteiger partial charge in [0.05, 0.1) is 6.04 Å². The lowest BCUT2D eigenvalue weighted by Crippen LogP contribution is -2.50. The molecule has 3 nitrogen and oxygen atoms in total. The third-order valence-electron chi connectivity index (χ3n) is 4.20. The number of halogens is 1. The Kier molecular flexibility index (Phi) is 5.65. The monoisotopic (exact) mass is 308 g/mol. The molecule has 0 saturated carbocycles. The van der Waals surface area contributed by atoms with Crippen molar-refractivity contribution < 1.29 is 4.79 Å². The van der Waals surface area contributed by atoms with E-state index in [4.69, 9.17) is 11.6 Å². The molecule has 0 unspecified atom stereocenters. The van der Waals surface area contributed by atoms with Gasteiger partial charge in [0.2, 0.25) is 5.91 Å². The molecule has 1 N–H and O–H groups in total. The quantitative estimate of drug-likeness (QED) is 0.925. The summed E-state index contributed by atoms with van der Waals surface area (Å²) in [5, 5.41) is 3.74. The van der Waals surface area contributed by atoms with Crippen molar-refractivity contribution in [3.63, 3.8) is 0 Å². The van der Waals surface area contributed by atoms with Gasteiger partial charge >= 0.3 is 0 Å². The number of carbonyl (C=O) groups is 1. The van der Waals surface area contributed by atoms with Crippen molar-refractivity contribution in [1.29, 1.82) is 0 Å². The average molecular weight is 309 g/mol. The van der Waals surface area contributed by atoms with Gasteiger partial charge in [-0.15, -0.1) is 0 Å². The summed E-state index contributed by atoms with van der Waals surface area (Å²) in [6.07, 6.45) is 1.26. The summed E-state index contributed by atoms with van der Waals surface area (Å²) < 4.78 is 0. The summed E-state index contributed by atoms with van der Waals surface area (Å²) in [5.74, 6) is 1.44. The first-order valence-electron chi connectivity index (χ1n) is 7.72. The molecule has 1 amide bonds. The molecule has 1 aliphatic heterocycles. The molecule has 0 bridgehead atoms. The van der Waals surface area contributed by atoms with Gasteiger partial charge in [-0.25, -0.2) is 0 Å². The van der Waals surface area contributed by atoms with E-state index in [0.29, 0.717) is 18.4 Å². The molecule has 1 fully saturated rings. The molecule has 0 spiro atoms. The summed E-state index contributed by atoms with van der Waals surface area (Å²) in [6.45, 7) is 9.11. The molecule has 1 aromatic carbocycles. The topological polar surface area (TPSA) is 32.3 Å². The number of likely N-dealkylation sites (tertiary alicyclic amines) is 1. The summed E-state index contributed by atoms with van der Waals surface area (Å²) in [5.41, 5.74) is 1.07. The van der Waals surface area contributed by atoms with E-state index < -0.39 is 0 Å². The second kappa shape index (κ2) is 7.28. The van der Waals surface area contributed by atoms with E-state index in [2.05, 4.69) is 24.1 Å². The van der Waals surface area contributed by atoms with E-state index in [1.165, 1.54) is 6.42 Å². The first-order chi connectivity index (χ1) is 9.95. The third kappa shape index (κ3) is 4.72. The average Bonchev–Trinajstić information content (AvgIpc) is 2.44. The Hall–Kier alpha value is -1.06. The van der Waals surface area contributed by atoms with Crippen molar-refractivity contribution in [2.24, 2.45) is 11.8 Å². The number of hydrogen-bond donors (Lipinski definition) is 1. The highest BCUT2D eigenvalue weighted by Crippen LogP contribution is 2.22. The van der Waals surface area contributed by atoms with Crippen molar-refractivity contribution in [2.75, 3.05) is 13.1 Å². The Labute approximate surface area is 132 Å². The van der Waals surface area contributed by atoms with Crippen LogP contribution in [-0.4, -0.2) is 29.9 Å². The molecule has 1 aromatic rings. The highest BCUT2D eigenvalue weighted by atomic mass is 35.5. The third-order valence-corrected chi connectivity index (χ3v) is 4.46. The lowest BCUT2D eigenvalue weighted by Gasteiger charge is -2.38. The van der Waals surface area contributed by atoms with Crippen LogP contribution in [0.4, 0.5) is 0 Å². The van der Waals surface area contributed by atoms with Crippen LogP contribution in [0.15, 0.2) is 24.3 Å². The highest BCUT2D eigenvalue weighted by molar-refractivity contribution is 6.30. The van der Waals surface area contributed by atoms with Crippen molar-refractivity contribution in [3.05, 3.63) is 34.9 Å². The van der Waals surface area contributed by atoms with E-state index >= 15 is 0 Å². The van der Waals surface area contributed by atoms with Gasteiger partial charge in [-0.3, -0.25) is 9.69 Å². The van der Waals surface area contributed by atoms with E-state index in [0.717, 1.165) is 23.7 Å². The Bertz CT molecular complexity index is 464. The second-order valence-corrected chi connectivity index (χ2v) is 6.86. The Morgan fingerprint density at radius 3 is 2.43 bits per heavy atom. The minimum absolute atomic E-state index is 0.0671. The van der Waals surface area contributed by atoms with Crippen molar-refractivity contribution in [2.45, 2.75) is 39.8 Å². The Morgan fingerprint density at radius 2 is 1.86 bits per heavy atom. The fraction of sp³-hybridized carbons (Fsp3) is 0.588. The zero-order chi connectivity index (χ0) is 15.4. The molecule has 0 radical (unpaired) electrons. The van der Waals surface area contributed by atoms with Gasteiger partial charge < -0.3 is 5.32 Å². The van der Waals surface area contributed by atoms with Crippen LogP contribution < -0.4 is 5.32 Å². The summed E-state index contributed by atoms with van der Waals surface area (Å²) >= 11 is 5.86. The van der Waals surface area contributed by atoms with E-state index in [9.17, 15) is 4.79 Å². The number of hydrogen-bond acceptors (Lipinski definition) is 2. The molecule has 116 valence electrons. The van der Waals surface area contributed by atoms with Gasteiger partial charge in [0.1, 0.15) is 0 Å². The first-order valence-corrected chi connectivity index (χ1v) is 8.09. The number of benzene rings is 1. The number of nitrogens with one attached hydrogen (secondary N) is 1. The number of nitrogens with zero attached hydrogens (tertiary/aromatic N) is 1. The SMILES string of the molecule is C[C@@H]1C[C@@H](C)CN([C@H](C)C(=O)NCc2ccc(Cl)cc2)C1. The molecule has 1 aliphatic rings. The Balaban J connectivity index is 1.86. The molecular formula is C17H25ClN2O. The van der Waals surface area contributed by atoms with Crippen LogP contribution in [0.1, 0.15) is 32.8 Å². The molecule has 1 saturated heterocycles. The van der Waals surface area contributed by atoms with Gasteiger partial charge in [-0.1, -0.05) is 37.6 Å². The normalized spacial score (nSPS) is 24.6. The van der Waals surface area contributed by atoms with Crippen molar-refractivity contribution in [1.82, 2.24) is 10.2 Å². The molecule has 2 rings (SSSR count). The maximum Gasteiger partial charge on any atom is 0.237 e. The van der Waals surface area contributed by atoms with Gasteiger partial charge in [0.15, 0.2) is 0 Å². The maximum absolute atomic E-state index is 12.3. The van der Waals surface area contributed by atoms with Crippen LogP contribution in [0, 0.1) is 11.8 Å². The molecule has 0 aromatic heterocycles. The van der Waals surface area contributed by atoms with E-state index in [1.807, 2.05) is 31.2 Å². The first kappa shape index (κ1) is 16.3. The fourth-order valence-corrected chi connectivity index (χ4v) is 3.26. The largest absolute Gasteiger partial charge is 0.351 e. The summed E-state index contributed by atoms with van der Waals surface area (Å²) in [6, 6.07) is 7.51. The molecule has 4 heteroatoms. The fourth-order valence-electron chi connectivity index (χ4n) is 3.13. The summed E-state index contributed by atoms with van der Waals surface area (Å²) in [4.78, 5) is 14.6.